The van der Waals surface area contributed by atoms with Crippen molar-refractivity contribution in [3.05, 3.63) is 42.0 Å². The molecule has 0 aromatic heterocycles. The Hall–Kier alpha value is -2.14. The highest BCUT2D eigenvalue weighted by molar-refractivity contribution is 5.95. The van der Waals surface area contributed by atoms with Gasteiger partial charge in [0.25, 0.3) is 0 Å². The zero-order valence-corrected chi connectivity index (χ0v) is 13.2. The van der Waals surface area contributed by atoms with Gasteiger partial charge in [-0.1, -0.05) is 42.5 Å². The standard InChI is InChI=1S/C17H23NO4/c1-17(2,3)22-16(21)14(15(19)20)13(18)11-7-10-12-8-5-4-6-9-12/h4-10,13-14H,11,18H2,1-3H3,(H,19,20). The topological polar surface area (TPSA) is 89.6 Å². The molecule has 3 N–H and O–H groups in total. The van der Waals surface area contributed by atoms with Crippen LogP contribution in [-0.2, 0) is 14.3 Å². The third-order valence-corrected chi connectivity index (χ3v) is 2.87. The van der Waals surface area contributed by atoms with Crippen molar-refractivity contribution < 1.29 is 19.4 Å². The summed E-state index contributed by atoms with van der Waals surface area (Å²) >= 11 is 0. The maximum Gasteiger partial charge on any atom is 0.322 e. The first-order valence-electron chi connectivity index (χ1n) is 7.13. The maximum absolute atomic E-state index is 12.0. The number of rotatable bonds is 6. The molecule has 0 aliphatic heterocycles. The van der Waals surface area contributed by atoms with E-state index in [-0.39, 0.29) is 6.42 Å². The first-order valence-corrected chi connectivity index (χ1v) is 7.13. The van der Waals surface area contributed by atoms with Crippen LogP contribution in [0.3, 0.4) is 0 Å². The number of hydrogen-bond acceptors (Lipinski definition) is 4. The molecule has 0 amide bonds. The van der Waals surface area contributed by atoms with Crippen molar-refractivity contribution in [3.63, 3.8) is 0 Å². The van der Waals surface area contributed by atoms with Crippen LogP contribution in [0, 0.1) is 5.92 Å². The normalized spacial score (nSPS) is 14.5. The second-order valence-corrected chi connectivity index (χ2v) is 6.06. The van der Waals surface area contributed by atoms with Gasteiger partial charge in [-0.25, -0.2) is 0 Å². The first kappa shape index (κ1) is 17.9. The van der Waals surface area contributed by atoms with E-state index in [1.54, 1.807) is 26.8 Å². The van der Waals surface area contributed by atoms with Crippen LogP contribution in [-0.4, -0.2) is 28.7 Å². The Bertz CT molecular complexity index is 531. The molecule has 0 bridgehead atoms. The van der Waals surface area contributed by atoms with E-state index >= 15 is 0 Å². The number of carboxylic acid groups (broad SMARTS) is 1. The summed E-state index contributed by atoms with van der Waals surface area (Å²) in [5, 5.41) is 9.22. The van der Waals surface area contributed by atoms with Crippen molar-refractivity contribution in [2.45, 2.75) is 38.8 Å². The summed E-state index contributed by atoms with van der Waals surface area (Å²) in [5.74, 6) is -3.45. The predicted molar refractivity (Wildman–Crippen MR) is 85.0 cm³/mol. The van der Waals surface area contributed by atoms with Crippen molar-refractivity contribution in [2.75, 3.05) is 0 Å². The number of benzene rings is 1. The molecule has 0 aliphatic carbocycles. The molecule has 1 rings (SSSR count). The van der Waals surface area contributed by atoms with Gasteiger partial charge in [0.05, 0.1) is 0 Å². The molecule has 120 valence electrons. The van der Waals surface area contributed by atoms with Crippen LogP contribution in [0.4, 0.5) is 0 Å². The second kappa shape index (κ2) is 7.75. The fourth-order valence-electron chi connectivity index (χ4n) is 1.89. The average molecular weight is 305 g/mol. The molecule has 0 fully saturated rings. The van der Waals surface area contributed by atoms with Crippen molar-refractivity contribution in [1.82, 2.24) is 0 Å². The lowest BCUT2D eigenvalue weighted by atomic mass is 9.97. The highest BCUT2D eigenvalue weighted by Gasteiger charge is 2.35. The predicted octanol–water partition coefficient (Wildman–Crippen LogP) is 2.46. The number of nitrogens with two attached hydrogens (primary N) is 1. The SMILES string of the molecule is CC(C)(C)OC(=O)C(C(=O)O)C(N)CC=Cc1ccccc1. The monoisotopic (exact) mass is 305 g/mol. The van der Waals surface area contributed by atoms with E-state index in [4.69, 9.17) is 10.5 Å². The van der Waals surface area contributed by atoms with Crippen LogP contribution < -0.4 is 5.73 Å². The summed E-state index contributed by atoms with van der Waals surface area (Å²) in [6, 6.07) is 8.72. The van der Waals surface area contributed by atoms with Gasteiger partial charge >= 0.3 is 11.9 Å². The van der Waals surface area contributed by atoms with Gasteiger partial charge in [0.15, 0.2) is 5.92 Å². The second-order valence-electron chi connectivity index (χ2n) is 6.06. The molecule has 2 unspecified atom stereocenters. The molecular formula is C17H23NO4. The highest BCUT2D eigenvalue weighted by Crippen LogP contribution is 2.16. The fraction of sp³-hybridized carbons (Fsp3) is 0.412. The third-order valence-electron chi connectivity index (χ3n) is 2.87. The summed E-state index contributed by atoms with van der Waals surface area (Å²) in [5.41, 5.74) is 6.11. The Kier molecular flexibility index (Phi) is 6.31. The molecule has 1 aromatic carbocycles. The number of carbonyl (C=O) groups excluding carboxylic acids is 1. The fourth-order valence-corrected chi connectivity index (χ4v) is 1.89. The Morgan fingerprint density at radius 3 is 2.36 bits per heavy atom. The molecule has 5 heteroatoms. The minimum atomic E-state index is -1.38. The van der Waals surface area contributed by atoms with Crippen molar-refractivity contribution in [2.24, 2.45) is 11.7 Å². The molecular weight excluding hydrogens is 282 g/mol. The third kappa shape index (κ3) is 6.10. The Balaban J connectivity index is 2.69. The summed E-state index contributed by atoms with van der Waals surface area (Å²) in [4.78, 5) is 23.3. The molecule has 0 saturated carbocycles. The molecule has 2 atom stereocenters. The van der Waals surface area contributed by atoms with E-state index in [1.807, 2.05) is 36.4 Å². The molecule has 5 nitrogen and oxygen atoms in total. The van der Waals surface area contributed by atoms with E-state index in [0.29, 0.717) is 0 Å². The van der Waals surface area contributed by atoms with Gasteiger partial charge in [0, 0.05) is 6.04 Å². The van der Waals surface area contributed by atoms with Crippen LogP contribution >= 0.6 is 0 Å². The minimum absolute atomic E-state index is 0.269. The van der Waals surface area contributed by atoms with Crippen molar-refractivity contribution >= 4 is 18.0 Å². The molecule has 0 heterocycles. The van der Waals surface area contributed by atoms with Crippen LogP contribution in [0.1, 0.15) is 32.8 Å². The molecule has 0 aliphatic rings. The molecule has 22 heavy (non-hydrogen) atoms. The zero-order valence-electron chi connectivity index (χ0n) is 13.2. The molecule has 1 aromatic rings. The molecule has 0 radical (unpaired) electrons. The lowest BCUT2D eigenvalue weighted by molar-refractivity contribution is -0.167. The van der Waals surface area contributed by atoms with E-state index in [9.17, 15) is 14.7 Å². The summed E-state index contributed by atoms with van der Waals surface area (Å²) in [6.45, 7) is 5.06. The van der Waals surface area contributed by atoms with Gasteiger partial charge in [0.2, 0.25) is 0 Å². The lowest BCUT2D eigenvalue weighted by Crippen LogP contribution is -2.43. The van der Waals surface area contributed by atoms with Gasteiger partial charge in [-0.3, -0.25) is 9.59 Å². The summed E-state index contributed by atoms with van der Waals surface area (Å²) in [7, 11) is 0. The number of carbonyl (C=O) groups is 2. The van der Waals surface area contributed by atoms with E-state index in [2.05, 4.69) is 0 Å². The Morgan fingerprint density at radius 2 is 1.86 bits per heavy atom. The van der Waals surface area contributed by atoms with Crippen molar-refractivity contribution in [3.8, 4) is 0 Å². The van der Waals surface area contributed by atoms with E-state index in [0.717, 1.165) is 5.56 Å². The van der Waals surface area contributed by atoms with Gasteiger partial charge < -0.3 is 15.6 Å². The summed E-state index contributed by atoms with van der Waals surface area (Å²) in [6.07, 6.45) is 3.87. The quantitative estimate of drug-likeness (QED) is 0.622. The lowest BCUT2D eigenvalue weighted by Gasteiger charge is -2.24. The van der Waals surface area contributed by atoms with Gasteiger partial charge in [-0.15, -0.1) is 0 Å². The smallest absolute Gasteiger partial charge is 0.322 e. The molecule has 0 spiro atoms. The Morgan fingerprint density at radius 1 is 1.27 bits per heavy atom. The van der Waals surface area contributed by atoms with E-state index in [1.165, 1.54) is 0 Å². The van der Waals surface area contributed by atoms with Crippen LogP contribution in [0.25, 0.3) is 6.08 Å². The Labute approximate surface area is 130 Å². The van der Waals surface area contributed by atoms with Gasteiger partial charge in [-0.05, 0) is 32.8 Å². The number of hydrogen-bond donors (Lipinski definition) is 2. The van der Waals surface area contributed by atoms with Crippen LogP contribution in [0.5, 0.6) is 0 Å². The summed E-state index contributed by atoms with van der Waals surface area (Å²) < 4.78 is 5.12. The largest absolute Gasteiger partial charge is 0.481 e. The average Bonchev–Trinajstić information content (AvgIpc) is 2.37. The van der Waals surface area contributed by atoms with Crippen LogP contribution in [0.2, 0.25) is 0 Å². The number of carboxylic acids is 1. The number of ether oxygens (including phenoxy) is 1. The minimum Gasteiger partial charge on any atom is -0.481 e. The van der Waals surface area contributed by atoms with Gasteiger partial charge in [-0.2, -0.15) is 0 Å². The first-order chi connectivity index (χ1) is 10.2. The highest BCUT2D eigenvalue weighted by atomic mass is 16.6. The number of esters is 1. The van der Waals surface area contributed by atoms with E-state index < -0.39 is 29.5 Å². The number of aliphatic carboxylic acids is 1. The van der Waals surface area contributed by atoms with Crippen LogP contribution in [0.15, 0.2) is 36.4 Å². The van der Waals surface area contributed by atoms with Crippen molar-refractivity contribution in [1.29, 1.82) is 0 Å². The van der Waals surface area contributed by atoms with Gasteiger partial charge in [0.1, 0.15) is 5.60 Å². The zero-order chi connectivity index (χ0) is 16.8. The molecule has 0 saturated heterocycles. The maximum atomic E-state index is 12.0.